The Labute approximate surface area is 107 Å². The van der Waals surface area contributed by atoms with Crippen molar-refractivity contribution in [2.75, 3.05) is 17.3 Å². The molecular weight excluding hydrogens is 288 g/mol. The van der Waals surface area contributed by atoms with Gasteiger partial charge in [0.05, 0.1) is 17.8 Å². The van der Waals surface area contributed by atoms with Gasteiger partial charge in [-0.15, -0.1) is 0 Å². The first-order valence-electron chi connectivity index (χ1n) is 5.04. The van der Waals surface area contributed by atoms with Gasteiger partial charge in [-0.1, -0.05) is 6.07 Å². The third-order valence-electron chi connectivity index (χ3n) is 2.76. The molecule has 0 bridgehead atoms. The maximum absolute atomic E-state index is 11.8. The fraction of sp³-hybridized carbons (Fsp3) is 0.273. The van der Waals surface area contributed by atoms with Crippen LogP contribution in [0.5, 0.6) is 0 Å². The SMILES string of the molecule is CN1c2cccc(Br)c2NC(=O)C1CC(=O)O. The Morgan fingerprint density at radius 3 is 2.94 bits per heavy atom. The van der Waals surface area contributed by atoms with Crippen molar-refractivity contribution >= 4 is 39.2 Å². The van der Waals surface area contributed by atoms with Gasteiger partial charge in [0.2, 0.25) is 5.91 Å². The molecule has 0 aromatic heterocycles. The van der Waals surface area contributed by atoms with Crippen molar-refractivity contribution in [2.24, 2.45) is 0 Å². The van der Waals surface area contributed by atoms with E-state index in [9.17, 15) is 9.59 Å². The van der Waals surface area contributed by atoms with Crippen LogP contribution in [-0.4, -0.2) is 30.1 Å². The van der Waals surface area contributed by atoms with Crippen molar-refractivity contribution in [1.82, 2.24) is 0 Å². The molecule has 1 aliphatic heterocycles. The van der Waals surface area contributed by atoms with E-state index in [1.165, 1.54) is 0 Å². The normalized spacial score (nSPS) is 18.6. The van der Waals surface area contributed by atoms with Gasteiger partial charge in [0.15, 0.2) is 0 Å². The zero-order valence-corrected chi connectivity index (χ0v) is 10.7. The Hall–Kier alpha value is -1.56. The van der Waals surface area contributed by atoms with Crippen LogP contribution in [0.4, 0.5) is 11.4 Å². The fourth-order valence-corrected chi connectivity index (χ4v) is 2.33. The number of likely N-dealkylation sites (N-methyl/N-ethyl adjacent to an activating group) is 1. The van der Waals surface area contributed by atoms with E-state index < -0.39 is 12.0 Å². The summed E-state index contributed by atoms with van der Waals surface area (Å²) in [6.07, 6.45) is -0.214. The summed E-state index contributed by atoms with van der Waals surface area (Å²) < 4.78 is 0.781. The molecule has 1 aromatic rings. The number of hydrogen-bond donors (Lipinski definition) is 2. The van der Waals surface area contributed by atoms with E-state index in [2.05, 4.69) is 21.2 Å². The number of rotatable bonds is 2. The second kappa shape index (κ2) is 4.37. The molecule has 0 fully saturated rings. The van der Waals surface area contributed by atoms with Crippen LogP contribution in [0.25, 0.3) is 0 Å². The molecule has 1 heterocycles. The van der Waals surface area contributed by atoms with Crippen LogP contribution in [0.15, 0.2) is 22.7 Å². The lowest BCUT2D eigenvalue weighted by molar-refractivity contribution is -0.138. The highest BCUT2D eigenvalue weighted by atomic mass is 79.9. The second-order valence-corrected chi connectivity index (χ2v) is 4.70. The Bertz CT molecular complexity index is 490. The van der Waals surface area contributed by atoms with Crippen molar-refractivity contribution in [3.63, 3.8) is 0 Å². The van der Waals surface area contributed by atoms with E-state index in [0.717, 1.165) is 10.2 Å². The highest BCUT2D eigenvalue weighted by Gasteiger charge is 2.32. The lowest BCUT2D eigenvalue weighted by Crippen LogP contribution is -2.47. The van der Waals surface area contributed by atoms with Gasteiger partial charge in [0, 0.05) is 11.5 Å². The van der Waals surface area contributed by atoms with E-state index in [4.69, 9.17) is 5.11 Å². The third-order valence-corrected chi connectivity index (χ3v) is 3.42. The first-order chi connectivity index (χ1) is 8.00. The number of carbonyl (C=O) groups excluding carboxylic acids is 1. The summed E-state index contributed by atoms with van der Waals surface area (Å²) in [7, 11) is 1.72. The molecule has 1 atom stereocenters. The highest BCUT2D eigenvalue weighted by Crippen LogP contribution is 2.37. The molecule has 1 aromatic carbocycles. The monoisotopic (exact) mass is 298 g/mol. The van der Waals surface area contributed by atoms with Crippen LogP contribution in [0, 0.1) is 0 Å². The predicted octanol–water partition coefficient (Wildman–Crippen LogP) is 1.68. The van der Waals surface area contributed by atoms with Gasteiger partial charge in [0.25, 0.3) is 0 Å². The Morgan fingerprint density at radius 2 is 2.29 bits per heavy atom. The third kappa shape index (κ3) is 2.12. The average molecular weight is 299 g/mol. The summed E-state index contributed by atoms with van der Waals surface area (Å²) in [5.41, 5.74) is 1.49. The van der Waals surface area contributed by atoms with Gasteiger partial charge in [-0.3, -0.25) is 9.59 Å². The van der Waals surface area contributed by atoms with Crippen molar-refractivity contribution in [2.45, 2.75) is 12.5 Å². The molecule has 1 amide bonds. The zero-order valence-electron chi connectivity index (χ0n) is 9.11. The minimum Gasteiger partial charge on any atom is -0.481 e. The zero-order chi connectivity index (χ0) is 12.6. The number of carboxylic acids is 1. The molecule has 2 rings (SSSR count). The molecule has 0 aliphatic carbocycles. The maximum atomic E-state index is 11.8. The number of para-hydroxylation sites is 1. The predicted molar refractivity (Wildman–Crippen MR) is 67.2 cm³/mol. The summed E-state index contributed by atoms with van der Waals surface area (Å²) >= 11 is 3.35. The van der Waals surface area contributed by atoms with Gasteiger partial charge in [-0.05, 0) is 28.1 Å². The molecule has 0 radical (unpaired) electrons. The number of benzene rings is 1. The Kier molecular flexibility index (Phi) is 3.06. The maximum Gasteiger partial charge on any atom is 0.305 e. The number of nitrogens with one attached hydrogen (secondary N) is 1. The smallest absolute Gasteiger partial charge is 0.305 e. The van der Waals surface area contributed by atoms with Crippen molar-refractivity contribution in [3.8, 4) is 0 Å². The number of carbonyl (C=O) groups is 2. The molecule has 0 saturated carbocycles. The number of hydrogen-bond acceptors (Lipinski definition) is 3. The minimum absolute atomic E-state index is 0.214. The molecular formula is C11H11BrN2O3. The van der Waals surface area contributed by atoms with Crippen LogP contribution < -0.4 is 10.2 Å². The van der Waals surface area contributed by atoms with Crippen molar-refractivity contribution < 1.29 is 14.7 Å². The van der Waals surface area contributed by atoms with Crippen LogP contribution in [0.2, 0.25) is 0 Å². The average Bonchev–Trinajstić information content (AvgIpc) is 2.26. The molecule has 17 heavy (non-hydrogen) atoms. The van der Waals surface area contributed by atoms with E-state index in [0.29, 0.717) is 5.69 Å². The molecule has 0 saturated heterocycles. The van der Waals surface area contributed by atoms with E-state index in [-0.39, 0.29) is 12.3 Å². The number of aliphatic carboxylic acids is 1. The van der Waals surface area contributed by atoms with Gasteiger partial charge in [0.1, 0.15) is 6.04 Å². The minimum atomic E-state index is -0.990. The van der Waals surface area contributed by atoms with Crippen molar-refractivity contribution in [1.29, 1.82) is 0 Å². The Balaban J connectivity index is 2.40. The number of carboxylic acid groups (broad SMARTS) is 1. The van der Waals surface area contributed by atoms with Gasteiger partial charge < -0.3 is 15.3 Å². The molecule has 1 unspecified atom stereocenters. The summed E-state index contributed by atoms with van der Waals surface area (Å²) in [6, 6.07) is 4.84. The van der Waals surface area contributed by atoms with Crippen LogP contribution in [-0.2, 0) is 9.59 Å². The summed E-state index contributed by atoms with van der Waals surface area (Å²) in [5.74, 6) is -1.29. The lowest BCUT2D eigenvalue weighted by atomic mass is 10.1. The standard InChI is InChI=1S/C11H11BrN2O3/c1-14-7-4-2-3-6(12)10(7)13-11(17)8(14)5-9(15)16/h2-4,8H,5H2,1H3,(H,13,17)(H,15,16). The largest absolute Gasteiger partial charge is 0.481 e. The number of anilines is 2. The summed E-state index contributed by atoms with van der Waals surface area (Å²) in [6.45, 7) is 0. The van der Waals surface area contributed by atoms with Gasteiger partial charge in [-0.25, -0.2) is 0 Å². The van der Waals surface area contributed by atoms with Crippen LogP contribution >= 0.6 is 15.9 Å². The highest BCUT2D eigenvalue weighted by molar-refractivity contribution is 9.10. The number of nitrogens with zero attached hydrogens (tertiary/aromatic N) is 1. The summed E-state index contributed by atoms with van der Waals surface area (Å²) in [4.78, 5) is 24.2. The first-order valence-corrected chi connectivity index (χ1v) is 5.84. The van der Waals surface area contributed by atoms with Gasteiger partial charge in [-0.2, -0.15) is 0 Å². The Morgan fingerprint density at radius 1 is 1.59 bits per heavy atom. The molecule has 5 nitrogen and oxygen atoms in total. The molecule has 6 heteroatoms. The van der Waals surface area contributed by atoms with Crippen molar-refractivity contribution in [3.05, 3.63) is 22.7 Å². The number of fused-ring (bicyclic) bond motifs is 1. The van der Waals surface area contributed by atoms with Gasteiger partial charge >= 0.3 is 5.97 Å². The quantitative estimate of drug-likeness (QED) is 0.871. The molecule has 90 valence electrons. The first kappa shape index (κ1) is 11.9. The fourth-order valence-electron chi connectivity index (χ4n) is 1.88. The molecule has 2 N–H and O–H groups in total. The second-order valence-electron chi connectivity index (χ2n) is 3.85. The van der Waals surface area contributed by atoms with Crippen LogP contribution in [0.3, 0.4) is 0 Å². The summed E-state index contributed by atoms with van der Waals surface area (Å²) in [5, 5.41) is 11.5. The lowest BCUT2D eigenvalue weighted by Gasteiger charge is -2.34. The van der Waals surface area contributed by atoms with E-state index in [1.807, 2.05) is 18.2 Å². The van der Waals surface area contributed by atoms with E-state index in [1.54, 1.807) is 11.9 Å². The number of amides is 1. The topological polar surface area (TPSA) is 69.6 Å². The molecule has 1 aliphatic rings. The van der Waals surface area contributed by atoms with Crippen LogP contribution in [0.1, 0.15) is 6.42 Å². The number of halogens is 1. The molecule has 0 spiro atoms. The van der Waals surface area contributed by atoms with E-state index >= 15 is 0 Å².